The van der Waals surface area contributed by atoms with Gasteiger partial charge in [0.25, 0.3) is 0 Å². The van der Waals surface area contributed by atoms with E-state index in [4.69, 9.17) is 9.47 Å². The van der Waals surface area contributed by atoms with Crippen LogP contribution in [-0.4, -0.2) is 35.3 Å². The normalized spacial score (nSPS) is 17.1. The molecule has 7 heteroatoms. The number of aryl methyl sites for hydroxylation is 1. The summed E-state index contributed by atoms with van der Waals surface area (Å²) in [4.78, 5) is 25.1. The maximum Gasteiger partial charge on any atom is 0.411 e. The molecule has 0 saturated carbocycles. The number of hydrogen-bond acceptors (Lipinski definition) is 5. The van der Waals surface area contributed by atoms with Gasteiger partial charge in [0, 0.05) is 42.1 Å². The van der Waals surface area contributed by atoms with Crippen molar-refractivity contribution in [3.8, 4) is 0 Å². The monoisotopic (exact) mass is 475 g/mol. The summed E-state index contributed by atoms with van der Waals surface area (Å²) in [5.41, 5.74) is 4.34. The molecule has 1 aliphatic rings. The van der Waals surface area contributed by atoms with Crippen molar-refractivity contribution in [1.82, 2.24) is 9.88 Å². The molecule has 2 aromatic carbocycles. The second-order valence-corrected chi connectivity index (χ2v) is 9.21. The average molecular weight is 476 g/mol. The van der Waals surface area contributed by atoms with Crippen molar-refractivity contribution in [2.75, 3.05) is 11.9 Å². The first-order valence-electron chi connectivity index (χ1n) is 12.0. The van der Waals surface area contributed by atoms with Gasteiger partial charge in [0.1, 0.15) is 6.10 Å². The molecule has 0 radical (unpaired) electrons. The van der Waals surface area contributed by atoms with Crippen LogP contribution in [0.3, 0.4) is 0 Å². The van der Waals surface area contributed by atoms with Crippen LogP contribution < -0.4 is 10.6 Å². The van der Waals surface area contributed by atoms with E-state index in [1.54, 1.807) is 18.2 Å². The van der Waals surface area contributed by atoms with E-state index < -0.39 is 6.09 Å². The molecule has 4 rings (SSSR count). The zero-order chi connectivity index (χ0) is 24.9. The molecule has 1 aliphatic carbocycles. The molecule has 7 nitrogen and oxygen atoms in total. The van der Waals surface area contributed by atoms with Gasteiger partial charge in [-0.05, 0) is 48.7 Å². The van der Waals surface area contributed by atoms with Gasteiger partial charge in [-0.1, -0.05) is 38.1 Å². The highest BCUT2D eigenvalue weighted by atomic mass is 16.5. The molecule has 0 fully saturated rings. The van der Waals surface area contributed by atoms with Gasteiger partial charge in [-0.25, -0.2) is 9.59 Å². The average Bonchev–Trinajstić information content (AvgIpc) is 3.11. The minimum Gasteiger partial charge on any atom is -0.452 e. The minimum atomic E-state index is -0.495. The van der Waals surface area contributed by atoms with Gasteiger partial charge in [0.05, 0.1) is 17.9 Å². The summed E-state index contributed by atoms with van der Waals surface area (Å²) in [6.45, 7) is 8.15. The lowest BCUT2D eigenvalue weighted by Gasteiger charge is -2.32. The van der Waals surface area contributed by atoms with Crippen LogP contribution in [0.4, 0.5) is 10.5 Å². The number of ether oxygens (including phenoxy) is 2. The smallest absolute Gasteiger partial charge is 0.411 e. The van der Waals surface area contributed by atoms with Gasteiger partial charge in [0.2, 0.25) is 0 Å². The predicted molar refractivity (Wildman–Crippen MR) is 138 cm³/mol. The van der Waals surface area contributed by atoms with Gasteiger partial charge in [-0.3, -0.25) is 5.32 Å². The number of carbonyl (C=O) groups is 2. The van der Waals surface area contributed by atoms with E-state index in [0.717, 1.165) is 28.6 Å². The van der Waals surface area contributed by atoms with Crippen molar-refractivity contribution in [1.29, 1.82) is 0 Å². The standard InChI is InChI=1S/C28H33N3O4/c1-5-6-14-34-28(33)30-20-12-13-24-22(15-20)23-16-21(29-18(2)3)17-25(26(23)31(24)4)35-27(32)19-10-8-7-9-11-19/h5,7-13,15,18,21,25,29H,1,6,14,16-17H2,2-4H3,(H,30,33). The third-order valence-corrected chi connectivity index (χ3v) is 6.24. The number of aromatic nitrogens is 1. The Morgan fingerprint density at radius 2 is 1.97 bits per heavy atom. The lowest BCUT2D eigenvalue weighted by atomic mass is 9.88. The molecule has 2 atom stereocenters. The first-order chi connectivity index (χ1) is 16.9. The zero-order valence-electron chi connectivity index (χ0n) is 20.5. The van der Waals surface area contributed by atoms with Crippen LogP contribution in [0, 0.1) is 0 Å². The molecule has 0 bridgehead atoms. The molecule has 1 amide bonds. The Labute approximate surface area is 206 Å². The second-order valence-electron chi connectivity index (χ2n) is 9.21. The van der Waals surface area contributed by atoms with E-state index in [0.29, 0.717) is 30.1 Å². The van der Waals surface area contributed by atoms with Crippen molar-refractivity contribution >= 4 is 28.7 Å². The number of nitrogens with one attached hydrogen (secondary N) is 2. The van der Waals surface area contributed by atoms with Crippen LogP contribution in [0.1, 0.15) is 54.4 Å². The summed E-state index contributed by atoms with van der Waals surface area (Å²) in [6, 6.07) is 15.3. The number of esters is 1. The van der Waals surface area contributed by atoms with E-state index in [1.807, 2.05) is 43.4 Å². The van der Waals surface area contributed by atoms with Crippen LogP contribution >= 0.6 is 0 Å². The van der Waals surface area contributed by atoms with Gasteiger partial charge in [-0.2, -0.15) is 0 Å². The molecule has 0 saturated heterocycles. The Morgan fingerprint density at radius 3 is 2.69 bits per heavy atom. The van der Waals surface area contributed by atoms with Crippen LogP contribution in [-0.2, 0) is 22.9 Å². The Bertz CT molecular complexity index is 1220. The maximum atomic E-state index is 12.9. The number of benzene rings is 2. The molecule has 2 N–H and O–H groups in total. The quantitative estimate of drug-likeness (QED) is 0.255. The highest BCUT2D eigenvalue weighted by Crippen LogP contribution is 2.40. The van der Waals surface area contributed by atoms with Crippen LogP contribution in [0.15, 0.2) is 61.2 Å². The van der Waals surface area contributed by atoms with Gasteiger partial charge < -0.3 is 19.4 Å². The lowest BCUT2D eigenvalue weighted by molar-refractivity contribution is 0.0210. The summed E-state index contributed by atoms with van der Waals surface area (Å²) in [5.74, 6) is -0.332. The second kappa shape index (κ2) is 10.8. The lowest BCUT2D eigenvalue weighted by Crippen LogP contribution is -2.41. The fourth-order valence-electron chi connectivity index (χ4n) is 4.81. The molecule has 1 aromatic heterocycles. The highest BCUT2D eigenvalue weighted by Gasteiger charge is 2.34. The Hall–Kier alpha value is -3.58. The van der Waals surface area contributed by atoms with E-state index in [9.17, 15) is 9.59 Å². The number of rotatable bonds is 8. The maximum absolute atomic E-state index is 12.9. The van der Waals surface area contributed by atoms with E-state index in [1.165, 1.54) is 0 Å². The summed E-state index contributed by atoms with van der Waals surface area (Å²) >= 11 is 0. The number of fused-ring (bicyclic) bond motifs is 3. The molecule has 0 aliphatic heterocycles. The van der Waals surface area contributed by atoms with Crippen LogP contribution in [0.2, 0.25) is 0 Å². The summed E-state index contributed by atoms with van der Waals surface area (Å²) < 4.78 is 13.4. The Morgan fingerprint density at radius 1 is 1.20 bits per heavy atom. The SMILES string of the molecule is C=CCCOC(=O)Nc1ccc2c(c1)c1c(n2C)C(OC(=O)c2ccccc2)CC(NC(C)C)C1. The minimum absolute atomic E-state index is 0.155. The van der Waals surface area contributed by atoms with Crippen LogP contribution in [0.25, 0.3) is 10.9 Å². The van der Waals surface area contributed by atoms with Crippen molar-refractivity contribution in [3.63, 3.8) is 0 Å². The number of amides is 1. The molecule has 184 valence electrons. The van der Waals surface area contributed by atoms with E-state index >= 15 is 0 Å². The Kier molecular flexibility index (Phi) is 7.56. The summed E-state index contributed by atoms with van der Waals surface area (Å²) in [7, 11) is 2.00. The van der Waals surface area contributed by atoms with E-state index in [-0.39, 0.29) is 24.7 Å². The van der Waals surface area contributed by atoms with Crippen molar-refractivity contribution in [3.05, 3.63) is 78.0 Å². The fraction of sp³-hybridized carbons (Fsp3) is 0.357. The summed E-state index contributed by atoms with van der Waals surface area (Å²) in [5, 5.41) is 7.46. The predicted octanol–water partition coefficient (Wildman–Crippen LogP) is 5.51. The first kappa shape index (κ1) is 24.5. The van der Waals surface area contributed by atoms with Gasteiger partial charge in [0.15, 0.2) is 0 Å². The highest BCUT2D eigenvalue weighted by molar-refractivity contribution is 5.93. The van der Waals surface area contributed by atoms with Crippen LogP contribution in [0.5, 0.6) is 0 Å². The zero-order valence-corrected chi connectivity index (χ0v) is 20.5. The molecular formula is C28H33N3O4. The fourth-order valence-corrected chi connectivity index (χ4v) is 4.81. The Balaban J connectivity index is 1.67. The largest absolute Gasteiger partial charge is 0.452 e. The van der Waals surface area contributed by atoms with Crippen molar-refractivity contribution in [2.45, 2.75) is 51.3 Å². The topological polar surface area (TPSA) is 81.6 Å². The summed E-state index contributed by atoms with van der Waals surface area (Å²) in [6.07, 6.45) is 2.92. The number of anilines is 1. The molecule has 2 unspecified atom stereocenters. The molecule has 1 heterocycles. The molecule has 3 aromatic rings. The van der Waals surface area contributed by atoms with Crippen molar-refractivity contribution < 1.29 is 19.1 Å². The third-order valence-electron chi connectivity index (χ3n) is 6.24. The first-order valence-corrected chi connectivity index (χ1v) is 12.0. The number of hydrogen-bond donors (Lipinski definition) is 2. The van der Waals surface area contributed by atoms with Gasteiger partial charge in [-0.15, -0.1) is 6.58 Å². The van der Waals surface area contributed by atoms with Crippen molar-refractivity contribution in [2.24, 2.45) is 7.05 Å². The van der Waals surface area contributed by atoms with Gasteiger partial charge >= 0.3 is 12.1 Å². The molecule has 35 heavy (non-hydrogen) atoms. The molecule has 0 spiro atoms. The van der Waals surface area contributed by atoms with E-state index in [2.05, 4.69) is 35.6 Å². The molecular weight excluding hydrogens is 442 g/mol. The number of carbonyl (C=O) groups excluding carboxylic acids is 2. The number of nitrogens with zero attached hydrogens (tertiary/aromatic N) is 1. The third kappa shape index (κ3) is 5.57.